The van der Waals surface area contributed by atoms with Crippen LogP contribution in [-0.2, 0) is 5.41 Å². The number of benzene rings is 9. The Morgan fingerprint density at radius 1 is 0.319 bits per heavy atom. The molecule has 0 heterocycles. The van der Waals surface area contributed by atoms with Gasteiger partial charge in [-0.05, 0) is 111 Å². The third-order valence-electron chi connectivity index (χ3n) is 10.8. The van der Waals surface area contributed by atoms with Crippen LogP contribution in [0.1, 0.15) is 25.0 Å². The van der Waals surface area contributed by atoms with E-state index in [0.29, 0.717) is 0 Å². The first-order valence-corrected chi connectivity index (χ1v) is 16.6. The highest BCUT2D eigenvalue weighted by Gasteiger charge is 2.39. The van der Waals surface area contributed by atoms with E-state index in [2.05, 4.69) is 172 Å². The lowest BCUT2D eigenvalue weighted by atomic mass is 9.77. The smallest absolute Gasteiger partial charge is 0.0171 e. The van der Waals surface area contributed by atoms with Gasteiger partial charge in [-0.2, -0.15) is 0 Å². The molecule has 0 amide bonds. The van der Waals surface area contributed by atoms with Crippen LogP contribution >= 0.6 is 0 Å². The van der Waals surface area contributed by atoms with E-state index in [0.717, 1.165) is 0 Å². The minimum Gasteiger partial charge on any atom is -0.0616 e. The summed E-state index contributed by atoms with van der Waals surface area (Å²) in [4.78, 5) is 0. The highest BCUT2D eigenvalue weighted by molar-refractivity contribution is 6.20. The maximum atomic E-state index is 2.42. The topological polar surface area (TPSA) is 0 Å². The third-order valence-corrected chi connectivity index (χ3v) is 10.8. The van der Waals surface area contributed by atoms with E-state index in [1.807, 2.05) is 0 Å². The van der Waals surface area contributed by atoms with Crippen LogP contribution in [0, 0.1) is 0 Å². The molecule has 0 bridgehead atoms. The average molecular weight is 597 g/mol. The molecule has 0 saturated heterocycles. The fourth-order valence-electron chi connectivity index (χ4n) is 8.83. The zero-order chi connectivity index (χ0) is 31.3. The number of fused-ring (bicyclic) bond motifs is 12. The van der Waals surface area contributed by atoms with Crippen molar-refractivity contribution in [2.75, 3.05) is 0 Å². The van der Waals surface area contributed by atoms with Crippen molar-refractivity contribution >= 4 is 53.9 Å². The van der Waals surface area contributed by atoms with Crippen LogP contribution in [0.2, 0.25) is 0 Å². The van der Waals surface area contributed by atoms with Crippen molar-refractivity contribution in [3.63, 3.8) is 0 Å². The van der Waals surface area contributed by atoms with Crippen molar-refractivity contribution in [3.05, 3.63) is 169 Å². The number of rotatable bonds is 2. The molecule has 0 aromatic heterocycles. The van der Waals surface area contributed by atoms with Crippen molar-refractivity contribution in [2.45, 2.75) is 19.3 Å². The Bertz CT molecular complexity index is 2700. The number of hydrogen-bond donors (Lipinski definition) is 0. The highest BCUT2D eigenvalue weighted by Crippen LogP contribution is 2.56. The Morgan fingerprint density at radius 3 is 1.55 bits per heavy atom. The van der Waals surface area contributed by atoms with Crippen LogP contribution in [-0.4, -0.2) is 0 Å². The van der Waals surface area contributed by atoms with Gasteiger partial charge in [0.25, 0.3) is 0 Å². The minimum absolute atomic E-state index is 0.144. The van der Waals surface area contributed by atoms with Gasteiger partial charge < -0.3 is 0 Å². The second kappa shape index (κ2) is 9.64. The van der Waals surface area contributed by atoms with Gasteiger partial charge in [-0.3, -0.25) is 0 Å². The molecule has 1 aliphatic carbocycles. The molecule has 0 N–H and O–H groups in total. The van der Waals surface area contributed by atoms with Crippen LogP contribution in [0.5, 0.6) is 0 Å². The van der Waals surface area contributed by atoms with E-state index in [4.69, 9.17) is 0 Å². The van der Waals surface area contributed by atoms with Crippen LogP contribution in [0.4, 0.5) is 0 Å². The first kappa shape index (κ1) is 26.5. The first-order chi connectivity index (χ1) is 23.1. The van der Waals surface area contributed by atoms with E-state index in [9.17, 15) is 0 Å². The molecule has 220 valence electrons. The van der Waals surface area contributed by atoms with Gasteiger partial charge >= 0.3 is 0 Å². The summed E-state index contributed by atoms with van der Waals surface area (Å²) in [5, 5.41) is 13.1. The number of hydrogen-bond acceptors (Lipinski definition) is 0. The summed E-state index contributed by atoms with van der Waals surface area (Å²) in [6, 6.07) is 58.7. The molecule has 0 radical (unpaired) electrons. The van der Waals surface area contributed by atoms with Crippen molar-refractivity contribution in [3.8, 4) is 33.4 Å². The van der Waals surface area contributed by atoms with Gasteiger partial charge in [-0.1, -0.05) is 159 Å². The average Bonchev–Trinajstić information content (AvgIpc) is 3.37. The Balaban J connectivity index is 1.22. The minimum atomic E-state index is -0.144. The molecule has 0 nitrogen and oxygen atoms in total. The van der Waals surface area contributed by atoms with E-state index in [-0.39, 0.29) is 5.41 Å². The Hall–Kier alpha value is -5.72. The van der Waals surface area contributed by atoms with Crippen molar-refractivity contribution in [1.82, 2.24) is 0 Å². The highest BCUT2D eigenvalue weighted by atomic mass is 14.4. The lowest BCUT2D eigenvalue weighted by Crippen LogP contribution is -2.16. The molecule has 47 heavy (non-hydrogen) atoms. The monoisotopic (exact) mass is 596 g/mol. The van der Waals surface area contributed by atoms with E-state index < -0.39 is 0 Å². The van der Waals surface area contributed by atoms with Gasteiger partial charge in [0, 0.05) is 5.41 Å². The van der Waals surface area contributed by atoms with Crippen molar-refractivity contribution < 1.29 is 0 Å². The predicted octanol–water partition coefficient (Wildman–Crippen LogP) is 13.1. The van der Waals surface area contributed by atoms with Crippen LogP contribution in [0.15, 0.2) is 158 Å². The molecule has 0 spiro atoms. The van der Waals surface area contributed by atoms with E-state index in [1.54, 1.807) is 0 Å². The van der Waals surface area contributed by atoms with Gasteiger partial charge in [0.05, 0.1) is 0 Å². The van der Waals surface area contributed by atoms with Crippen molar-refractivity contribution in [1.29, 1.82) is 0 Å². The summed E-state index contributed by atoms with van der Waals surface area (Å²) >= 11 is 0. The maximum Gasteiger partial charge on any atom is 0.0171 e. The summed E-state index contributed by atoms with van der Waals surface area (Å²) in [6.45, 7) is 4.85. The molecule has 0 heteroatoms. The molecule has 0 atom stereocenters. The Labute approximate surface area is 274 Å². The molecule has 10 rings (SSSR count). The molecular formula is C47H32. The van der Waals surface area contributed by atoms with E-state index >= 15 is 0 Å². The normalized spacial score (nSPS) is 13.5. The zero-order valence-electron chi connectivity index (χ0n) is 26.5. The predicted molar refractivity (Wildman–Crippen MR) is 202 cm³/mol. The van der Waals surface area contributed by atoms with Gasteiger partial charge in [-0.25, -0.2) is 0 Å². The molecular weight excluding hydrogens is 565 g/mol. The fraction of sp³-hybridized carbons (Fsp3) is 0.0638. The second-order valence-corrected chi connectivity index (χ2v) is 13.6. The standard InChI is InChI=1S/C47H32/c1-47(2)45-36-25-23-31(33-15-7-10-20-39(33)43-34-16-5-3-13-29(34)27-30-14-4-6-17-35(30)43)28-32(36)24-26-42(45)44-40-21-11-8-18-37(40)38-19-9-12-22-41(38)46(44)47/h3-28H,1-2H3. The van der Waals surface area contributed by atoms with Gasteiger partial charge in [-0.15, -0.1) is 0 Å². The lowest BCUT2D eigenvalue weighted by Gasteiger charge is -2.25. The maximum absolute atomic E-state index is 2.42. The SMILES string of the molecule is CC1(C)c2c(ccc3cc(-c4ccccc4-c4c5ccccc5cc5ccccc45)ccc23)-c2c1c1ccccc1c1ccccc21. The van der Waals surface area contributed by atoms with Crippen LogP contribution in [0.3, 0.4) is 0 Å². The molecule has 0 fully saturated rings. The zero-order valence-corrected chi connectivity index (χ0v) is 26.5. The largest absolute Gasteiger partial charge is 0.0616 e. The van der Waals surface area contributed by atoms with Gasteiger partial charge in [0.1, 0.15) is 0 Å². The summed E-state index contributed by atoms with van der Waals surface area (Å²) < 4.78 is 0. The molecule has 1 aliphatic rings. The quantitative estimate of drug-likeness (QED) is 0.138. The summed E-state index contributed by atoms with van der Waals surface area (Å²) in [6.07, 6.45) is 0. The second-order valence-electron chi connectivity index (χ2n) is 13.6. The fourth-order valence-corrected chi connectivity index (χ4v) is 8.83. The first-order valence-electron chi connectivity index (χ1n) is 16.6. The summed E-state index contributed by atoms with van der Waals surface area (Å²) in [5.41, 5.74) is 10.6. The van der Waals surface area contributed by atoms with Crippen molar-refractivity contribution in [2.24, 2.45) is 0 Å². The third kappa shape index (κ3) is 3.64. The molecule has 9 aromatic carbocycles. The lowest BCUT2D eigenvalue weighted by molar-refractivity contribution is 0.672. The molecule has 0 aliphatic heterocycles. The van der Waals surface area contributed by atoms with Crippen LogP contribution in [0.25, 0.3) is 87.2 Å². The van der Waals surface area contributed by atoms with E-state index in [1.165, 1.54) is 98.4 Å². The van der Waals surface area contributed by atoms with Gasteiger partial charge in [0.15, 0.2) is 0 Å². The summed E-state index contributed by atoms with van der Waals surface area (Å²) in [7, 11) is 0. The Kier molecular flexibility index (Phi) is 5.44. The molecule has 0 saturated carbocycles. The van der Waals surface area contributed by atoms with Crippen LogP contribution < -0.4 is 0 Å². The molecule has 9 aromatic rings. The Morgan fingerprint density at radius 2 is 0.851 bits per heavy atom. The molecule has 0 unspecified atom stereocenters. The van der Waals surface area contributed by atoms with Gasteiger partial charge in [0.2, 0.25) is 0 Å². The summed E-state index contributed by atoms with van der Waals surface area (Å²) in [5.74, 6) is 0.